The normalized spacial score (nSPS) is 14.5. The molecule has 0 unspecified atom stereocenters. The number of aryl methyl sites for hydroxylation is 2. The summed E-state index contributed by atoms with van der Waals surface area (Å²) in [5.41, 5.74) is 5.95. The maximum Gasteiger partial charge on any atom is 0.225 e. The van der Waals surface area contributed by atoms with Crippen molar-refractivity contribution >= 4 is 22.5 Å². The lowest BCUT2D eigenvalue weighted by Crippen LogP contribution is -2.47. The second-order valence-corrected chi connectivity index (χ2v) is 8.52. The number of H-pyrrole nitrogens is 1. The van der Waals surface area contributed by atoms with Gasteiger partial charge >= 0.3 is 0 Å². The third-order valence-corrected chi connectivity index (χ3v) is 6.28. The number of nitrogens with zero attached hydrogens (tertiary/aromatic N) is 6. The van der Waals surface area contributed by atoms with Crippen molar-refractivity contribution in [2.75, 3.05) is 37.6 Å². The minimum Gasteiger partial charge on any atom is -0.361 e. The Morgan fingerprint density at radius 1 is 1.06 bits per heavy atom. The molecule has 1 N–H and O–H groups in total. The maximum absolute atomic E-state index is 7.24. The van der Waals surface area contributed by atoms with Crippen LogP contribution >= 0.6 is 0 Å². The van der Waals surface area contributed by atoms with E-state index in [9.17, 15) is 0 Å². The molecule has 7 heteroatoms. The Kier molecular flexibility index (Phi) is 6.01. The van der Waals surface area contributed by atoms with Gasteiger partial charge in [-0.2, -0.15) is 0 Å². The Bertz CT molecular complexity index is 1280. The summed E-state index contributed by atoms with van der Waals surface area (Å²) in [7, 11) is 0. The minimum atomic E-state index is 0.699. The van der Waals surface area contributed by atoms with E-state index in [4.69, 9.17) is 6.57 Å². The lowest BCUT2D eigenvalue weighted by Gasteiger charge is -2.34. The first-order valence-corrected chi connectivity index (χ1v) is 11.4. The molecule has 0 spiro atoms. The highest BCUT2D eigenvalue weighted by Gasteiger charge is 2.19. The summed E-state index contributed by atoms with van der Waals surface area (Å²) in [6, 6.07) is 11.8. The molecule has 1 fully saturated rings. The van der Waals surface area contributed by atoms with Gasteiger partial charge in [0.15, 0.2) is 5.69 Å². The number of aromatic amines is 1. The number of rotatable bonds is 6. The molecule has 0 radical (unpaired) electrons. The minimum absolute atomic E-state index is 0.699. The topological polar surface area (TPSA) is 65.3 Å². The average molecular weight is 438 g/mol. The van der Waals surface area contributed by atoms with E-state index < -0.39 is 0 Å². The van der Waals surface area contributed by atoms with Crippen LogP contribution in [-0.2, 0) is 6.42 Å². The molecule has 4 heterocycles. The Balaban J connectivity index is 1.12. The highest BCUT2D eigenvalue weighted by atomic mass is 15.3. The van der Waals surface area contributed by atoms with Crippen molar-refractivity contribution in [3.63, 3.8) is 0 Å². The molecular weight excluding hydrogens is 410 g/mol. The van der Waals surface area contributed by atoms with Gasteiger partial charge in [0, 0.05) is 61.5 Å². The molecule has 0 saturated carbocycles. The highest BCUT2D eigenvalue weighted by Crippen LogP contribution is 2.25. The van der Waals surface area contributed by atoms with Crippen molar-refractivity contribution in [2.24, 2.45) is 0 Å². The average Bonchev–Trinajstić information content (AvgIpc) is 3.27. The highest BCUT2D eigenvalue weighted by molar-refractivity contribution is 5.86. The van der Waals surface area contributed by atoms with Gasteiger partial charge in [0.05, 0.1) is 12.3 Å². The number of hydrogen-bond donors (Lipinski definition) is 1. The summed E-state index contributed by atoms with van der Waals surface area (Å²) < 4.78 is 0. The van der Waals surface area contributed by atoms with E-state index in [2.05, 4.69) is 40.8 Å². The Labute approximate surface area is 193 Å². The van der Waals surface area contributed by atoms with Crippen LogP contribution in [0.25, 0.3) is 27.0 Å². The lowest BCUT2D eigenvalue weighted by atomic mass is 10.1. The van der Waals surface area contributed by atoms with Crippen LogP contribution in [0.2, 0.25) is 0 Å². The smallest absolute Gasteiger partial charge is 0.225 e. The summed E-state index contributed by atoms with van der Waals surface area (Å²) >= 11 is 0. The van der Waals surface area contributed by atoms with Crippen molar-refractivity contribution < 1.29 is 0 Å². The monoisotopic (exact) mass is 437 g/mol. The number of aromatic nitrogens is 4. The zero-order chi connectivity index (χ0) is 22.6. The van der Waals surface area contributed by atoms with E-state index in [0.29, 0.717) is 5.69 Å². The predicted octanol–water partition coefficient (Wildman–Crippen LogP) is 4.63. The molecule has 0 bridgehead atoms. The van der Waals surface area contributed by atoms with Gasteiger partial charge in [0.1, 0.15) is 0 Å². The summed E-state index contributed by atoms with van der Waals surface area (Å²) in [5.74, 6) is 0.792. The van der Waals surface area contributed by atoms with Gasteiger partial charge in [0.25, 0.3) is 0 Å². The molecule has 7 nitrogen and oxygen atoms in total. The van der Waals surface area contributed by atoms with Crippen molar-refractivity contribution in [3.05, 3.63) is 77.7 Å². The Morgan fingerprint density at radius 3 is 2.64 bits per heavy atom. The van der Waals surface area contributed by atoms with E-state index in [1.165, 1.54) is 10.9 Å². The second-order valence-electron chi connectivity index (χ2n) is 8.52. The van der Waals surface area contributed by atoms with Gasteiger partial charge in [-0.25, -0.2) is 14.8 Å². The number of fused-ring (bicyclic) bond motifs is 1. The molecule has 5 rings (SSSR count). The zero-order valence-electron chi connectivity index (χ0n) is 18.8. The molecule has 1 aliphatic rings. The summed E-state index contributed by atoms with van der Waals surface area (Å²) in [4.78, 5) is 25.4. The van der Waals surface area contributed by atoms with Gasteiger partial charge in [0.2, 0.25) is 5.95 Å². The van der Waals surface area contributed by atoms with Gasteiger partial charge in [-0.15, -0.1) is 0 Å². The van der Waals surface area contributed by atoms with Crippen molar-refractivity contribution in [2.45, 2.75) is 19.8 Å². The molecule has 4 aromatic rings. The number of piperazine rings is 1. The largest absolute Gasteiger partial charge is 0.361 e. The molecule has 3 aromatic heterocycles. The van der Waals surface area contributed by atoms with Crippen LogP contribution in [0.3, 0.4) is 0 Å². The third kappa shape index (κ3) is 4.71. The predicted molar refractivity (Wildman–Crippen MR) is 132 cm³/mol. The fourth-order valence-corrected chi connectivity index (χ4v) is 4.43. The van der Waals surface area contributed by atoms with Crippen LogP contribution < -0.4 is 4.90 Å². The molecule has 0 amide bonds. The molecule has 33 heavy (non-hydrogen) atoms. The molecule has 0 aliphatic carbocycles. The van der Waals surface area contributed by atoms with E-state index in [-0.39, 0.29) is 0 Å². The van der Waals surface area contributed by atoms with Crippen LogP contribution in [0, 0.1) is 13.5 Å². The van der Waals surface area contributed by atoms with Gasteiger partial charge in [-0.1, -0.05) is 12.1 Å². The SMILES string of the molecule is [C-]#[N+]c1ccc2[nH]cc(CCCN3CCN(c4ncc(-c5cccc(C)n5)cn4)CC3)c2c1. The van der Waals surface area contributed by atoms with Gasteiger partial charge < -0.3 is 9.88 Å². The first-order valence-electron chi connectivity index (χ1n) is 11.4. The molecule has 1 saturated heterocycles. The van der Waals surface area contributed by atoms with Crippen LogP contribution in [0.1, 0.15) is 17.7 Å². The summed E-state index contributed by atoms with van der Waals surface area (Å²) in [5, 5.41) is 1.18. The van der Waals surface area contributed by atoms with E-state index in [0.717, 1.165) is 74.0 Å². The first kappa shape index (κ1) is 21.1. The second kappa shape index (κ2) is 9.39. The van der Waals surface area contributed by atoms with Crippen LogP contribution in [-0.4, -0.2) is 57.6 Å². The standard InChI is InChI=1S/C26H27N7/c1-19-5-3-7-24(31-19)21-17-29-26(30-18-21)33-13-11-32(12-14-33)10-4-6-20-16-28-25-9-8-22(27-2)15-23(20)25/h3,5,7-9,15-18,28H,4,6,10-14H2,1H3. The van der Waals surface area contributed by atoms with E-state index >= 15 is 0 Å². The molecule has 166 valence electrons. The molecule has 1 aromatic carbocycles. The van der Waals surface area contributed by atoms with E-state index in [1.54, 1.807) is 0 Å². The molecule has 0 atom stereocenters. The van der Waals surface area contributed by atoms with Crippen LogP contribution in [0.5, 0.6) is 0 Å². The lowest BCUT2D eigenvalue weighted by molar-refractivity contribution is 0.254. The maximum atomic E-state index is 7.24. The zero-order valence-corrected chi connectivity index (χ0v) is 18.8. The van der Waals surface area contributed by atoms with Crippen molar-refractivity contribution in [1.82, 2.24) is 24.8 Å². The third-order valence-electron chi connectivity index (χ3n) is 6.28. The fraction of sp³-hybridized carbons (Fsp3) is 0.308. The van der Waals surface area contributed by atoms with Crippen molar-refractivity contribution in [1.29, 1.82) is 0 Å². The number of nitrogens with one attached hydrogen (secondary N) is 1. The first-order chi connectivity index (χ1) is 16.2. The van der Waals surface area contributed by atoms with E-state index in [1.807, 2.05) is 55.7 Å². The molecule has 1 aliphatic heterocycles. The Hall–Kier alpha value is -3.76. The number of pyridine rings is 1. The Morgan fingerprint density at radius 2 is 1.88 bits per heavy atom. The number of anilines is 1. The van der Waals surface area contributed by atoms with Crippen LogP contribution in [0.4, 0.5) is 11.6 Å². The number of benzene rings is 1. The molecular formula is C26H27N7. The fourth-order valence-electron chi connectivity index (χ4n) is 4.43. The summed E-state index contributed by atoms with van der Waals surface area (Å²) in [6.07, 6.45) is 7.95. The van der Waals surface area contributed by atoms with Gasteiger partial charge in [-0.05, 0) is 61.5 Å². The van der Waals surface area contributed by atoms with Crippen LogP contribution in [0.15, 0.2) is 55.0 Å². The van der Waals surface area contributed by atoms with Gasteiger partial charge in [-0.3, -0.25) is 9.88 Å². The summed E-state index contributed by atoms with van der Waals surface area (Å²) in [6.45, 7) is 14.2. The quantitative estimate of drug-likeness (QED) is 0.446. The number of hydrogen-bond acceptors (Lipinski definition) is 5. The van der Waals surface area contributed by atoms with Crippen molar-refractivity contribution in [3.8, 4) is 11.3 Å².